The third-order valence-electron chi connectivity index (χ3n) is 4.60. The standard InChI is InChI=1S/C21H19Cl2N5O3S/c1-4-28-19(12-7-14(29-2)10-15(8-12)30-3)25-27-21(28)32-11-18-24-26-20(31-18)16-6-5-13(22)9-17(16)23/h5-10H,4,11H2,1-3H3. The van der Waals surface area contributed by atoms with Gasteiger partial charge in [0, 0.05) is 23.2 Å². The highest BCUT2D eigenvalue weighted by Crippen LogP contribution is 2.33. The van der Waals surface area contributed by atoms with Gasteiger partial charge in [0.05, 0.1) is 30.6 Å². The smallest absolute Gasteiger partial charge is 0.249 e. The molecule has 2 aromatic carbocycles. The number of halogens is 2. The molecule has 2 aromatic heterocycles. The minimum Gasteiger partial charge on any atom is -0.497 e. The molecule has 0 fully saturated rings. The van der Waals surface area contributed by atoms with Crippen molar-refractivity contribution in [1.29, 1.82) is 0 Å². The van der Waals surface area contributed by atoms with Crippen molar-refractivity contribution in [2.24, 2.45) is 0 Å². The third-order valence-corrected chi connectivity index (χ3v) is 6.10. The summed E-state index contributed by atoms with van der Waals surface area (Å²) in [6, 6.07) is 10.7. The number of ether oxygens (including phenoxy) is 2. The Balaban J connectivity index is 1.54. The van der Waals surface area contributed by atoms with Crippen LogP contribution < -0.4 is 9.47 Å². The molecule has 2 heterocycles. The van der Waals surface area contributed by atoms with E-state index in [1.165, 1.54) is 11.8 Å². The summed E-state index contributed by atoms with van der Waals surface area (Å²) in [6.45, 7) is 2.71. The average molecular weight is 492 g/mol. The molecule has 8 nitrogen and oxygen atoms in total. The van der Waals surface area contributed by atoms with E-state index < -0.39 is 0 Å². The van der Waals surface area contributed by atoms with Gasteiger partial charge < -0.3 is 18.5 Å². The van der Waals surface area contributed by atoms with Crippen molar-refractivity contribution < 1.29 is 13.9 Å². The number of hydrogen-bond acceptors (Lipinski definition) is 8. The van der Waals surface area contributed by atoms with Crippen LogP contribution in [0.15, 0.2) is 46.0 Å². The van der Waals surface area contributed by atoms with Crippen LogP contribution in [0.25, 0.3) is 22.8 Å². The molecular weight excluding hydrogens is 473 g/mol. The van der Waals surface area contributed by atoms with Crippen LogP contribution in [-0.2, 0) is 12.3 Å². The zero-order valence-electron chi connectivity index (χ0n) is 17.5. The molecule has 0 atom stereocenters. The van der Waals surface area contributed by atoms with Crippen LogP contribution >= 0.6 is 35.0 Å². The van der Waals surface area contributed by atoms with Gasteiger partial charge in [-0.3, -0.25) is 0 Å². The lowest BCUT2D eigenvalue weighted by Gasteiger charge is -2.10. The van der Waals surface area contributed by atoms with E-state index in [0.29, 0.717) is 57.0 Å². The minimum atomic E-state index is 0.336. The first kappa shape index (κ1) is 22.4. The lowest BCUT2D eigenvalue weighted by Crippen LogP contribution is -2.00. The van der Waals surface area contributed by atoms with Gasteiger partial charge in [0.1, 0.15) is 11.5 Å². The van der Waals surface area contributed by atoms with E-state index >= 15 is 0 Å². The molecule has 0 aliphatic rings. The Hall–Kier alpha value is -2.75. The fraction of sp³-hybridized carbons (Fsp3) is 0.238. The van der Waals surface area contributed by atoms with E-state index in [-0.39, 0.29) is 0 Å². The summed E-state index contributed by atoms with van der Waals surface area (Å²) >= 11 is 13.6. The van der Waals surface area contributed by atoms with Crippen molar-refractivity contribution in [2.75, 3.05) is 14.2 Å². The number of methoxy groups -OCH3 is 2. The molecule has 0 bridgehead atoms. The van der Waals surface area contributed by atoms with E-state index in [2.05, 4.69) is 20.4 Å². The largest absolute Gasteiger partial charge is 0.497 e. The topological polar surface area (TPSA) is 88.1 Å². The van der Waals surface area contributed by atoms with Crippen LogP contribution in [0, 0.1) is 0 Å². The van der Waals surface area contributed by atoms with Crippen LogP contribution in [0.3, 0.4) is 0 Å². The molecule has 0 saturated carbocycles. The number of thioether (sulfide) groups is 1. The molecule has 32 heavy (non-hydrogen) atoms. The van der Waals surface area contributed by atoms with Gasteiger partial charge in [-0.1, -0.05) is 35.0 Å². The maximum atomic E-state index is 6.23. The van der Waals surface area contributed by atoms with Crippen molar-refractivity contribution >= 4 is 35.0 Å². The third kappa shape index (κ3) is 4.69. The number of hydrogen-bond donors (Lipinski definition) is 0. The molecule has 0 saturated heterocycles. The number of rotatable bonds is 8. The van der Waals surface area contributed by atoms with Crippen LogP contribution in [0.4, 0.5) is 0 Å². The summed E-state index contributed by atoms with van der Waals surface area (Å²) in [7, 11) is 3.22. The number of aromatic nitrogens is 5. The lowest BCUT2D eigenvalue weighted by atomic mass is 10.2. The molecule has 4 aromatic rings. The van der Waals surface area contributed by atoms with Crippen molar-refractivity contribution in [3.63, 3.8) is 0 Å². The van der Waals surface area contributed by atoms with Crippen molar-refractivity contribution in [3.05, 3.63) is 52.3 Å². The monoisotopic (exact) mass is 491 g/mol. The molecular formula is C21H19Cl2N5O3S. The van der Waals surface area contributed by atoms with E-state index in [9.17, 15) is 0 Å². The summed E-state index contributed by atoms with van der Waals surface area (Å²) in [4.78, 5) is 0. The fourth-order valence-electron chi connectivity index (χ4n) is 3.04. The van der Waals surface area contributed by atoms with Crippen LogP contribution in [0.5, 0.6) is 11.5 Å². The highest BCUT2D eigenvalue weighted by molar-refractivity contribution is 7.98. The summed E-state index contributed by atoms with van der Waals surface area (Å²) in [5, 5.41) is 18.7. The minimum absolute atomic E-state index is 0.336. The van der Waals surface area contributed by atoms with Gasteiger partial charge in [-0.05, 0) is 37.3 Å². The Morgan fingerprint density at radius 2 is 1.72 bits per heavy atom. The van der Waals surface area contributed by atoms with Crippen molar-refractivity contribution in [2.45, 2.75) is 24.4 Å². The summed E-state index contributed by atoms with van der Waals surface area (Å²) in [6.07, 6.45) is 0. The predicted octanol–water partition coefficient (Wildman–Crippen LogP) is 5.63. The molecule has 0 radical (unpaired) electrons. The second kappa shape index (κ2) is 9.81. The maximum Gasteiger partial charge on any atom is 0.249 e. The molecule has 166 valence electrons. The zero-order chi connectivity index (χ0) is 22.7. The second-order valence-electron chi connectivity index (χ2n) is 6.57. The molecule has 0 aliphatic heterocycles. The van der Waals surface area contributed by atoms with E-state index in [1.807, 2.05) is 29.7 Å². The molecule has 0 amide bonds. The van der Waals surface area contributed by atoms with Gasteiger partial charge in [0.25, 0.3) is 0 Å². The number of benzene rings is 2. The van der Waals surface area contributed by atoms with Gasteiger partial charge in [-0.25, -0.2) is 0 Å². The lowest BCUT2D eigenvalue weighted by molar-refractivity contribution is 0.394. The first-order chi connectivity index (χ1) is 15.5. The summed E-state index contributed by atoms with van der Waals surface area (Å²) in [5.74, 6) is 3.29. The van der Waals surface area contributed by atoms with E-state index in [4.69, 9.17) is 37.1 Å². The first-order valence-corrected chi connectivity index (χ1v) is 11.3. The zero-order valence-corrected chi connectivity index (χ0v) is 19.8. The quantitative estimate of drug-likeness (QED) is 0.293. The Morgan fingerprint density at radius 1 is 0.969 bits per heavy atom. The van der Waals surface area contributed by atoms with Gasteiger partial charge in [-0.2, -0.15) is 0 Å². The first-order valence-electron chi connectivity index (χ1n) is 9.59. The highest BCUT2D eigenvalue weighted by Gasteiger charge is 2.17. The van der Waals surface area contributed by atoms with E-state index in [0.717, 1.165) is 10.7 Å². The molecule has 0 N–H and O–H groups in total. The molecule has 0 aliphatic carbocycles. The second-order valence-corrected chi connectivity index (χ2v) is 8.35. The summed E-state index contributed by atoms with van der Waals surface area (Å²) in [5.41, 5.74) is 1.48. The van der Waals surface area contributed by atoms with Crippen LogP contribution in [0.2, 0.25) is 10.0 Å². The Labute approximate surface area is 198 Å². The molecule has 0 spiro atoms. The summed E-state index contributed by atoms with van der Waals surface area (Å²) < 4.78 is 18.5. The predicted molar refractivity (Wildman–Crippen MR) is 124 cm³/mol. The van der Waals surface area contributed by atoms with Crippen LogP contribution in [0.1, 0.15) is 12.8 Å². The highest BCUT2D eigenvalue weighted by atomic mass is 35.5. The van der Waals surface area contributed by atoms with Gasteiger partial charge in [-0.15, -0.1) is 20.4 Å². The molecule has 11 heteroatoms. The molecule has 0 unspecified atom stereocenters. The number of nitrogens with zero attached hydrogens (tertiary/aromatic N) is 5. The SMILES string of the molecule is CCn1c(SCc2nnc(-c3ccc(Cl)cc3Cl)o2)nnc1-c1cc(OC)cc(OC)c1. The van der Waals surface area contributed by atoms with Gasteiger partial charge >= 0.3 is 0 Å². The van der Waals surface area contributed by atoms with Gasteiger partial charge in [0.15, 0.2) is 11.0 Å². The average Bonchev–Trinajstić information content (AvgIpc) is 3.44. The maximum absolute atomic E-state index is 6.23. The van der Waals surface area contributed by atoms with Gasteiger partial charge in [0.2, 0.25) is 11.8 Å². The fourth-order valence-corrected chi connectivity index (χ4v) is 4.37. The Bertz CT molecular complexity index is 1220. The Morgan fingerprint density at radius 3 is 2.38 bits per heavy atom. The van der Waals surface area contributed by atoms with Crippen molar-refractivity contribution in [1.82, 2.24) is 25.0 Å². The van der Waals surface area contributed by atoms with Crippen molar-refractivity contribution in [3.8, 4) is 34.3 Å². The van der Waals surface area contributed by atoms with Crippen LogP contribution in [-0.4, -0.2) is 39.2 Å². The Kier molecular flexibility index (Phi) is 6.88. The normalized spacial score (nSPS) is 11.0. The van der Waals surface area contributed by atoms with E-state index in [1.54, 1.807) is 32.4 Å². The molecule has 4 rings (SSSR count).